The van der Waals surface area contributed by atoms with Crippen molar-refractivity contribution < 1.29 is 5.11 Å². The van der Waals surface area contributed by atoms with Crippen molar-refractivity contribution in [3.05, 3.63) is 0 Å². The summed E-state index contributed by atoms with van der Waals surface area (Å²) in [5.41, 5.74) is 0. The SMILES string of the molecule is CN1CCC1C(O)C1CC1. The Hall–Kier alpha value is -0.0800. The summed E-state index contributed by atoms with van der Waals surface area (Å²) in [5, 5.41) is 9.64. The summed E-state index contributed by atoms with van der Waals surface area (Å²) < 4.78 is 0. The van der Waals surface area contributed by atoms with Gasteiger partial charge in [-0.3, -0.25) is 0 Å². The normalized spacial score (nSPS) is 37.2. The molecule has 2 aliphatic rings. The van der Waals surface area contributed by atoms with E-state index in [0.717, 1.165) is 0 Å². The largest absolute Gasteiger partial charge is 0.391 e. The summed E-state index contributed by atoms with van der Waals surface area (Å²) in [7, 11) is 2.10. The van der Waals surface area contributed by atoms with Crippen molar-refractivity contribution in [3.8, 4) is 0 Å². The monoisotopic (exact) mass is 141 g/mol. The lowest BCUT2D eigenvalue weighted by Gasteiger charge is -2.41. The number of aliphatic hydroxyl groups excluding tert-OH is 1. The molecule has 0 bridgehead atoms. The highest BCUT2D eigenvalue weighted by atomic mass is 16.3. The van der Waals surface area contributed by atoms with E-state index in [1.165, 1.54) is 25.8 Å². The second-order valence-electron chi connectivity index (χ2n) is 3.66. The molecule has 0 amide bonds. The van der Waals surface area contributed by atoms with Crippen molar-refractivity contribution in [1.82, 2.24) is 4.90 Å². The topological polar surface area (TPSA) is 23.5 Å². The van der Waals surface area contributed by atoms with Gasteiger partial charge in [-0.05, 0) is 38.8 Å². The molecule has 10 heavy (non-hydrogen) atoms. The van der Waals surface area contributed by atoms with Crippen LogP contribution in [0.4, 0.5) is 0 Å². The molecule has 1 aliphatic heterocycles. The molecule has 2 atom stereocenters. The number of aliphatic hydroxyl groups is 1. The Morgan fingerprint density at radius 1 is 1.40 bits per heavy atom. The fourth-order valence-corrected chi connectivity index (χ4v) is 1.72. The molecule has 1 N–H and O–H groups in total. The number of likely N-dealkylation sites (tertiary alicyclic amines) is 1. The third-order valence-electron chi connectivity index (χ3n) is 2.84. The van der Waals surface area contributed by atoms with Crippen LogP contribution in [0.15, 0.2) is 0 Å². The van der Waals surface area contributed by atoms with Crippen molar-refractivity contribution in [2.24, 2.45) is 5.92 Å². The van der Waals surface area contributed by atoms with Crippen molar-refractivity contribution in [1.29, 1.82) is 0 Å². The Bertz CT molecular complexity index is 131. The van der Waals surface area contributed by atoms with E-state index in [9.17, 15) is 5.11 Å². The summed E-state index contributed by atoms with van der Waals surface area (Å²) >= 11 is 0. The van der Waals surface area contributed by atoms with E-state index in [1.807, 2.05) is 0 Å². The summed E-state index contributed by atoms with van der Waals surface area (Å²) in [5.74, 6) is 0.646. The van der Waals surface area contributed by atoms with Crippen LogP contribution in [-0.2, 0) is 0 Å². The Labute approximate surface area is 61.8 Å². The van der Waals surface area contributed by atoms with E-state index in [4.69, 9.17) is 0 Å². The Morgan fingerprint density at radius 2 is 2.10 bits per heavy atom. The number of hydrogen-bond donors (Lipinski definition) is 1. The van der Waals surface area contributed by atoms with Gasteiger partial charge >= 0.3 is 0 Å². The molecular formula is C8H15NO. The third kappa shape index (κ3) is 0.956. The summed E-state index contributed by atoms with van der Waals surface area (Å²) in [6.07, 6.45) is 3.70. The smallest absolute Gasteiger partial charge is 0.0723 e. The maximum absolute atomic E-state index is 9.64. The second kappa shape index (κ2) is 2.21. The van der Waals surface area contributed by atoms with E-state index in [-0.39, 0.29) is 6.10 Å². The molecule has 58 valence electrons. The highest BCUT2D eigenvalue weighted by molar-refractivity contribution is 4.94. The van der Waals surface area contributed by atoms with E-state index in [2.05, 4.69) is 11.9 Å². The molecule has 1 saturated heterocycles. The first kappa shape index (κ1) is 6.62. The van der Waals surface area contributed by atoms with Gasteiger partial charge in [0.2, 0.25) is 0 Å². The first-order valence-corrected chi connectivity index (χ1v) is 4.17. The van der Waals surface area contributed by atoms with Crippen LogP contribution in [-0.4, -0.2) is 35.7 Å². The minimum atomic E-state index is -0.0150. The van der Waals surface area contributed by atoms with Gasteiger partial charge in [-0.15, -0.1) is 0 Å². The fraction of sp³-hybridized carbons (Fsp3) is 1.00. The molecule has 2 nitrogen and oxygen atoms in total. The van der Waals surface area contributed by atoms with Gasteiger partial charge in [0.25, 0.3) is 0 Å². The van der Waals surface area contributed by atoms with Gasteiger partial charge < -0.3 is 10.0 Å². The van der Waals surface area contributed by atoms with Crippen LogP contribution in [0.3, 0.4) is 0 Å². The maximum atomic E-state index is 9.64. The predicted octanol–water partition coefficient (Wildman–Crippen LogP) is 0.461. The van der Waals surface area contributed by atoms with Crippen LogP contribution < -0.4 is 0 Å². The number of hydrogen-bond acceptors (Lipinski definition) is 2. The Morgan fingerprint density at radius 3 is 2.40 bits per heavy atom. The van der Waals surface area contributed by atoms with Gasteiger partial charge in [-0.2, -0.15) is 0 Å². The zero-order valence-electron chi connectivity index (χ0n) is 6.45. The first-order chi connectivity index (χ1) is 4.79. The molecular weight excluding hydrogens is 126 g/mol. The molecule has 0 aromatic heterocycles. The molecule has 2 unspecified atom stereocenters. The van der Waals surface area contributed by atoms with E-state index >= 15 is 0 Å². The van der Waals surface area contributed by atoms with Crippen molar-refractivity contribution >= 4 is 0 Å². The number of rotatable bonds is 2. The standard InChI is InChI=1S/C8H15NO/c1-9-5-4-7(9)8(10)6-2-3-6/h6-8,10H,2-5H2,1H3. The molecule has 0 radical (unpaired) electrons. The fourth-order valence-electron chi connectivity index (χ4n) is 1.72. The minimum Gasteiger partial charge on any atom is -0.391 e. The van der Waals surface area contributed by atoms with E-state index in [1.54, 1.807) is 0 Å². The molecule has 0 aromatic rings. The van der Waals surface area contributed by atoms with Crippen LogP contribution in [0, 0.1) is 5.92 Å². The van der Waals surface area contributed by atoms with Crippen LogP contribution >= 0.6 is 0 Å². The Balaban J connectivity index is 1.85. The van der Waals surface area contributed by atoms with E-state index < -0.39 is 0 Å². The molecule has 0 aromatic carbocycles. The average Bonchev–Trinajstić information content (AvgIpc) is 2.65. The van der Waals surface area contributed by atoms with Gasteiger partial charge in [0, 0.05) is 6.04 Å². The predicted molar refractivity (Wildman–Crippen MR) is 39.8 cm³/mol. The summed E-state index contributed by atoms with van der Waals surface area (Å²) in [4.78, 5) is 2.25. The molecule has 2 fully saturated rings. The van der Waals surface area contributed by atoms with Crippen LogP contribution in [0.25, 0.3) is 0 Å². The van der Waals surface area contributed by atoms with Gasteiger partial charge in [-0.25, -0.2) is 0 Å². The molecule has 1 heterocycles. The zero-order valence-corrected chi connectivity index (χ0v) is 6.45. The lowest BCUT2D eigenvalue weighted by Crippen LogP contribution is -2.52. The van der Waals surface area contributed by atoms with Crippen LogP contribution in [0.5, 0.6) is 0 Å². The van der Waals surface area contributed by atoms with Crippen LogP contribution in [0.1, 0.15) is 19.3 Å². The lowest BCUT2D eigenvalue weighted by molar-refractivity contribution is -0.00857. The molecule has 1 saturated carbocycles. The molecule has 1 aliphatic carbocycles. The first-order valence-electron chi connectivity index (χ1n) is 4.17. The lowest BCUT2D eigenvalue weighted by atomic mass is 9.95. The highest BCUT2D eigenvalue weighted by Crippen LogP contribution is 2.37. The van der Waals surface area contributed by atoms with E-state index in [0.29, 0.717) is 12.0 Å². The van der Waals surface area contributed by atoms with Crippen molar-refractivity contribution in [2.75, 3.05) is 13.6 Å². The van der Waals surface area contributed by atoms with Gasteiger partial charge in [0.1, 0.15) is 0 Å². The third-order valence-corrected chi connectivity index (χ3v) is 2.84. The van der Waals surface area contributed by atoms with Gasteiger partial charge in [0.05, 0.1) is 6.10 Å². The van der Waals surface area contributed by atoms with Crippen molar-refractivity contribution in [2.45, 2.75) is 31.4 Å². The quantitative estimate of drug-likeness (QED) is 0.604. The molecule has 2 rings (SSSR count). The second-order valence-corrected chi connectivity index (χ2v) is 3.66. The van der Waals surface area contributed by atoms with Gasteiger partial charge in [0.15, 0.2) is 0 Å². The Kier molecular flexibility index (Phi) is 1.46. The van der Waals surface area contributed by atoms with Crippen molar-refractivity contribution in [3.63, 3.8) is 0 Å². The minimum absolute atomic E-state index is 0.0150. The van der Waals surface area contributed by atoms with Gasteiger partial charge in [-0.1, -0.05) is 0 Å². The average molecular weight is 141 g/mol. The highest BCUT2D eigenvalue weighted by Gasteiger charge is 2.40. The molecule has 2 heteroatoms. The maximum Gasteiger partial charge on any atom is 0.0723 e. The van der Waals surface area contributed by atoms with Crippen LogP contribution in [0.2, 0.25) is 0 Å². The number of likely N-dealkylation sites (N-methyl/N-ethyl adjacent to an activating group) is 1. The summed E-state index contributed by atoms with van der Waals surface area (Å²) in [6.45, 7) is 1.18. The zero-order chi connectivity index (χ0) is 7.14. The summed E-state index contributed by atoms with van der Waals surface area (Å²) in [6, 6.07) is 0.493. The number of nitrogens with zero attached hydrogens (tertiary/aromatic N) is 1. The molecule has 0 spiro atoms.